The molecule has 0 saturated heterocycles. The normalized spacial score (nSPS) is 23.3. The summed E-state index contributed by atoms with van der Waals surface area (Å²) in [5, 5.41) is 0. The number of ether oxygens (including phenoxy) is 1. The molecule has 1 aromatic rings. The molecule has 4 heteroatoms. The predicted molar refractivity (Wildman–Crippen MR) is 70.7 cm³/mol. The second-order valence-corrected chi connectivity index (χ2v) is 5.86. The Morgan fingerprint density at radius 1 is 1.50 bits per heavy atom. The zero-order valence-corrected chi connectivity index (χ0v) is 10.9. The third kappa shape index (κ3) is 1.68. The van der Waals surface area contributed by atoms with Crippen molar-refractivity contribution in [3.05, 3.63) is 23.3 Å². The molecule has 1 atom stereocenters. The molecule has 1 amide bonds. The number of carbonyl (C=O) groups excluding carboxylic acids is 1. The highest BCUT2D eigenvalue weighted by molar-refractivity contribution is 5.75. The Hall–Kier alpha value is -1.55. The van der Waals surface area contributed by atoms with Crippen molar-refractivity contribution in [3.8, 4) is 5.75 Å². The Labute approximate surface area is 107 Å². The molecular weight excluding hydrogens is 228 g/mol. The molecule has 0 aromatic heterocycles. The molecule has 0 saturated carbocycles. The summed E-state index contributed by atoms with van der Waals surface area (Å²) in [4.78, 5) is 11.1. The van der Waals surface area contributed by atoms with Crippen LogP contribution in [0.2, 0.25) is 0 Å². The monoisotopic (exact) mass is 247 g/mol. The molecule has 1 aromatic carbocycles. The molecule has 18 heavy (non-hydrogen) atoms. The van der Waals surface area contributed by atoms with E-state index < -0.39 is 0 Å². The van der Waals surface area contributed by atoms with Crippen molar-refractivity contribution in [1.29, 1.82) is 0 Å². The molecule has 0 fully saturated rings. The van der Waals surface area contributed by atoms with Crippen LogP contribution in [-0.2, 0) is 11.2 Å². The van der Waals surface area contributed by atoms with E-state index >= 15 is 0 Å². The van der Waals surface area contributed by atoms with Crippen LogP contribution < -0.4 is 15.0 Å². The van der Waals surface area contributed by atoms with Crippen LogP contribution in [0.5, 0.6) is 5.75 Å². The molecule has 96 valence electrons. The lowest BCUT2D eigenvalue weighted by Crippen LogP contribution is -2.38. The fourth-order valence-electron chi connectivity index (χ4n) is 3.05. The van der Waals surface area contributed by atoms with Crippen LogP contribution in [0.3, 0.4) is 0 Å². The van der Waals surface area contributed by atoms with Gasteiger partial charge in [-0.3, -0.25) is 9.28 Å². The van der Waals surface area contributed by atoms with Gasteiger partial charge < -0.3 is 10.5 Å². The molecule has 0 aliphatic carbocycles. The van der Waals surface area contributed by atoms with Crippen LogP contribution in [-0.4, -0.2) is 33.2 Å². The lowest BCUT2D eigenvalue weighted by Gasteiger charge is -2.24. The fraction of sp³-hybridized carbons (Fsp3) is 0.500. The number of benzene rings is 1. The SMILES string of the molecule is C[N+]1(C)CCc2cc3c(cc21)C(CC(N)=O)CO3. The predicted octanol–water partition coefficient (Wildman–Crippen LogP) is 1.16. The molecule has 0 bridgehead atoms. The average Bonchev–Trinajstić information content (AvgIpc) is 2.79. The van der Waals surface area contributed by atoms with Crippen LogP contribution in [0.25, 0.3) is 0 Å². The maximum absolute atomic E-state index is 11.1. The number of fused-ring (bicyclic) bond motifs is 2. The van der Waals surface area contributed by atoms with E-state index in [2.05, 4.69) is 26.2 Å². The van der Waals surface area contributed by atoms with Crippen molar-refractivity contribution in [2.45, 2.75) is 18.8 Å². The topological polar surface area (TPSA) is 52.3 Å². The first-order valence-electron chi connectivity index (χ1n) is 6.39. The zero-order valence-electron chi connectivity index (χ0n) is 10.9. The number of likely N-dealkylation sites (N-methyl/N-ethyl adjacent to an activating group) is 1. The van der Waals surface area contributed by atoms with Gasteiger partial charge in [-0.15, -0.1) is 0 Å². The van der Waals surface area contributed by atoms with E-state index in [1.165, 1.54) is 11.3 Å². The number of hydrogen-bond acceptors (Lipinski definition) is 2. The quantitative estimate of drug-likeness (QED) is 0.797. The van der Waals surface area contributed by atoms with Gasteiger partial charge in [0, 0.05) is 36.0 Å². The van der Waals surface area contributed by atoms with Gasteiger partial charge in [-0.05, 0) is 6.07 Å². The van der Waals surface area contributed by atoms with Gasteiger partial charge in [0.1, 0.15) is 11.4 Å². The molecule has 2 aliphatic heterocycles. The van der Waals surface area contributed by atoms with Gasteiger partial charge in [0.25, 0.3) is 0 Å². The number of quaternary nitrogens is 1. The van der Waals surface area contributed by atoms with Gasteiger partial charge in [0.05, 0.1) is 27.2 Å². The summed E-state index contributed by atoms with van der Waals surface area (Å²) in [6.45, 7) is 1.70. The summed E-state index contributed by atoms with van der Waals surface area (Å²) in [5.74, 6) is 0.816. The fourth-order valence-corrected chi connectivity index (χ4v) is 3.05. The third-order valence-corrected chi connectivity index (χ3v) is 4.13. The van der Waals surface area contributed by atoms with E-state index in [4.69, 9.17) is 10.5 Å². The Morgan fingerprint density at radius 3 is 3.00 bits per heavy atom. The summed E-state index contributed by atoms with van der Waals surface area (Å²) < 4.78 is 6.60. The Bertz CT molecular complexity index is 523. The van der Waals surface area contributed by atoms with Crippen LogP contribution in [0.4, 0.5) is 5.69 Å². The van der Waals surface area contributed by atoms with Gasteiger partial charge in [-0.25, -0.2) is 0 Å². The molecule has 2 aliphatic rings. The summed E-state index contributed by atoms with van der Waals surface area (Å²) in [6.07, 6.45) is 1.47. The van der Waals surface area contributed by atoms with Crippen LogP contribution in [0, 0.1) is 0 Å². The number of amides is 1. The third-order valence-electron chi connectivity index (χ3n) is 4.13. The minimum Gasteiger partial charge on any atom is -0.493 e. The van der Waals surface area contributed by atoms with E-state index in [-0.39, 0.29) is 11.8 Å². The van der Waals surface area contributed by atoms with Crippen molar-refractivity contribution >= 4 is 11.6 Å². The lowest BCUT2D eigenvalue weighted by atomic mass is 9.95. The van der Waals surface area contributed by atoms with E-state index in [0.29, 0.717) is 13.0 Å². The maximum atomic E-state index is 11.1. The van der Waals surface area contributed by atoms with Crippen molar-refractivity contribution in [1.82, 2.24) is 4.48 Å². The van der Waals surface area contributed by atoms with Gasteiger partial charge >= 0.3 is 0 Å². The Morgan fingerprint density at radius 2 is 2.28 bits per heavy atom. The maximum Gasteiger partial charge on any atom is 0.218 e. The molecule has 2 heterocycles. The average molecular weight is 247 g/mol. The Kier molecular flexibility index (Phi) is 2.38. The van der Waals surface area contributed by atoms with Gasteiger partial charge in [-0.2, -0.15) is 0 Å². The highest BCUT2D eigenvalue weighted by atomic mass is 16.5. The lowest BCUT2D eigenvalue weighted by molar-refractivity contribution is -0.118. The largest absolute Gasteiger partial charge is 0.493 e. The van der Waals surface area contributed by atoms with Crippen molar-refractivity contribution in [2.75, 3.05) is 27.2 Å². The first-order chi connectivity index (χ1) is 8.47. The molecule has 3 rings (SSSR count). The van der Waals surface area contributed by atoms with Gasteiger partial charge in [0.15, 0.2) is 0 Å². The van der Waals surface area contributed by atoms with Crippen LogP contribution in [0.15, 0.2) is 12.1 Å². The first kappa shape index (κ1) is 11.5. The van der Waals surface area contributed by atoms with Crippen molar-refractivity contribution < 1.29 is 9.53 Å². The number of carbonyl (C=O) groups is 1. The smallest absolute Gasteiger partial charge is 0.218 e. The summed E-state index contributed by atoms with van der Waals surface area (Å²) >= 11 is 0. The zero-order chi connectivity index (χ0) is 12.9. The number of nitrogens with two attached hydrogens (primary N) is 1. The highest BCUT2D eigenvalue weighted by Gasteiger charge is 2.35. The highest BCUT2D eigenvalue weighted by Crippen LogP contribution is 2.43. The van der Waals surface area contributed by atoms with Crippen molar-refractivity contribution in [3.63, 3.8) is 0 Å². The molecular formula is C14H19N2O2+. The molecule has 0 radical (unpaired) electrons. The minimum absolute atomic E-state index is 0.128. The number of primary amides is 1. The second kappa shape index (κ2) is 3.72. The first-order valence-corrected chi connectivity index (χ1v) is 6.39. The second-order valence-electron chi connectivity index (χ2n) is 5.86. The molecule has 1 unspecified atom stereocenters. The number of nitrogens with zero attached hydrogens (tertiary/aromatic N) is 1. The summed E-state index contributed by atoms with van der Waals surface area (Å²) in [5.41, 5.74) is 9.18. The van der Waals surface area contributed by atoms with Crippen LogP contribution >= 0.6 is 0 Å². The van der Waals surface area contributed by atoms with Gasteiger partial charge in [0.2, 0.25) is 5.91 Å². The summed E-state index contributed by atoms with van der Waals surface area (Å²) in [7, 11) is 4.44. The number of hydrogen-bond donors (Lipinski definition) is 1. The molecule has 4 nitrogen and oxygen atoms in total. The molecule has 2 N–H and O–H groups in total. The standard InChI is InChI=1S/C14H18N2O2/c1-16(2)4-3-9-5-13-11(7-12(9)16)10(8-18-13)6-14(15)17/h5,7,10H,3-4,6,8H2,1-2H3,(H-,15,17)/p+1. The van der Waals surface area contributed by atoms with Crippen LogP contribution in [0.1, 0.15) is 23.5 Å². The molecule has 0 spiro atoms. The summed E-state index contributed by atoms with van der Waals surface area (Å²) in [6, 6.07) is 4.37. The van der Waals surface area contributed by atoms with Crippen molar-refractivity contribution in [2.24, 2.45) is 5.73 Å². The number of rotatable bonds is 2. The van der Waals surface area contributed by atoms with E-state index in [0.717, 1.165) is 28.8 Å². The van der Waals surface area contributed by atoms with E-state index in [1.807, 2.05) is 0 Å². The van der Waals surface area contributed by atoms with E-state index in [9.17, 15) is 4.79 Å². The van der Waals surface area contributed by atoms with E-state index in [1.54, 1.807) is 0 Å². The minimum atomic E-state index is -0.259. The Balaban J connectivity index is 2.02. The van der Waals surface area contributed by atoms with Gasteiger partial charge in [-0.1, -0.05) is 0 Å².